The zero-order chi connectivity index (χ0) is 23.9. The minimum Gasteiger partial charge on any atom is -0.461 e. The molecule has 5 heterocycles. The van der Waals surface area contributed by atoms with Crippen molar-refractivity contribution in [2.45, 2.75) is 11.4 Å². The summed E-state index contributed by atoms with van der Waals surface area (Å²) < 4.78 is 20.4. The molecule has 6 rings (SSSR count). The Bertz CT molecular complexity index is 1500. The average molecular weight is 492 g/mol. The molecule has 0 saturated carbocycles. The molecule has 5 aromatic rings. The third kappa shape index (κ3) is 4.04. The predicted octanol–water partition coefficient (Wildman–Crippen LogP) is 1.88. The van der Waals surface area contributed by atoms with Gasteiger partial charge in [-0.1, -0.05) is 0 Å². The summed E-state index contributed by atoms with van der Waals surface area (Å²) in [6, 6.07) is 11.6. The Kier molecular flexibility index (Phi) is 5.46. The van der Waals surface area contributed by atoms with Crippen molar-refractivity contribution in [2.24, 2.45) is 0 Å². The molecule has 35 heavy (non-hydrogen) atoms. The third-order valence-electron chi connectivity index (χ3n) is 6.37. The number of nitrogen functional groups attached to an aromatic ring is 1. The molecule has 11 nitrogen and oxygen atoms in total. The summed E-state index contributed by atoms with van der Waals surface area (Å²) in [5.41, 5.74) is 8.67. The molecular formula is C23H25N9O2S. The summed E-state index contributed by atoms with van der Waals surface area (Å²) >= 11 is 0. The van der Waals surface area contributed by atoms with Gasteiger partial charge in [0.15, 0.2) is 17.1 Å². The molecular weight excluding hydrogens is 466 g/mol. The van der Waals surface area contributed by atoms with E-state index in [0.717, 1.165) is 43.0 Å². The molecule has 180 valence electrons. The number of anilines is 2. The molecule has 2 N–H and O–H groups in total. The van der Waals surface area contributed by atoms with E-state index in [1.807, 2.05) is 16.8 Å². The van der Waals surface area contributed by atoms with Crippen molar-refractivity contribution in [3.63, 3.8) is 0 Å². The second kappa shape index (κ2) is 8.78. The normalized spacial score (nSPS) is 15.9. The maximum Gasteiger partial charge on any atom is 0.225 e. The highest BCUT2D eigenvalue weighted by atomic mass is 32.2. The first-order chi connectivity index (χ1) is 17.1. The number of hydrogen-bond acceptors (Lipinski definition) is 9. The Morgan fingerprint density at radius 1 is 1.03 bits per heavy atom. The Hall–Kier alpha value is -3.77. The number of furan rings is 1. The minimum absolute atomic E-state index is 0.256. The molecule has 1 aliphatic heterocycles. The molecule has 1 fully saturated rings. The first-order valence-corrected chi connectivity index (χ1v) is 12.9. The van der Waals surface area contributed by atoms with Gasteiger partial charge in [0.25, 0.3) is 0 Å². The third-order valence-corrected chi connectivity index (χ3v) is 7.31. The van der Waals surface area contributed by atoms with Gasteiger partial charge in [-0.25, -0.2) is 9.67 Å². The van der Waals surface area contributed by atoms with Gasteiger partial charge in [-0.2, -0.15) is 14.6 Å². The second-order valence-corrected chi connectivity index (χ2v) is 9.88. The minimum atomic E-state index is -0.952. The Labute approximate surface area is 203 Å². The van der Waals surface area contributed by atoms with Gasteiger partial charge in [0, 0.05) is 60.4 Å². The van der Waals surface area contributed by atoms with Crippen LogP contribution in [-0.4, -0.2) is 77.5 Å². The number of hydrogen-bond donors (Lipinski definition) is 1. The molecule has 0 aliphatic carbocycles. The van der Waals surface area contributed by atoms with Crippen LogP contribution in [0.15, 0.2) is 58.2 Å². The predicted molar refractivity (Wildman–Crippen MR) is 134 cm³/mol. The van der Waals surface area contributed by atoms with Crippen LogP contribution < -0.4 is 10.6 Å². The van der Waals surface area contributed by atoms with Crippen molar-refractivity contribution in [1.29, 1.82) is 0 Å². The molecule has 1 aromatic carbocycles. The average Bonchev–Trinajstić information content (AvgIpc) is 3.63. The van der Waals surface area contributed by atoms with Crippen LogP contribution in [0.5, 0.6) is 0 Å². The Morgan fingerprint density at radius 3 is 2.54 bits per heavy atom. The van der Waals surface area contributed by atoms with E-state index in [-0.39, 0.29) is 5.95 Å². The van der Waals surface area contributed by atoms with Crippen LogP contribution in [0.3, 0.4) is 0 Å². The summed E-state index contributed by atoms with van der Waals surface area (Å²) in [6.45, 7) is 5.34. The van der Waals surface area contributed by atoms with Gasteiger partial charge in [0.1, 0.15) is 0 Å². The first kappa shape index (κ1) is 21.7. The van der Waals surface area contributed by atoms with Crippen molar-refractivity contribution in [2.75, 3.05) is 49.6 Å². The van der Waals surface area contributed by atoms with Gasteiger partial charge in [-0.05, 0) is 36.4 Å². The molecule has 4 aromatic heterocycles. The molecule has 1 aliphatic rings. The van der Waals surface area contributed by atoms with Crippen molar-refractivity contribution >= 4 is 39.1 Å². The van der Waals surface area contributed by atoms with Gasteiger partial charge >= 0.3 is 0 Å². The van der Waals surface area contributed by atoms with E-state index in [0.29, 0.717) is 29.4 Å². The monoisotopic (exact) mass is 491 g/mol. The SMILES string of the molecule is CS(=O)c1ccc(N2CCN(CCn3ncc4c3nc(N)n3nc(-c5ccco5)nc43)CC2)cc1. The van der Waals surface area contributed by atoms with E-state index in [1.54, 1.807) is 30.8 Å². The number of fused-ring (bicyclic) bond motifs is 3. The van der Waals surface area contributed by atoms with Crippen molar-refractivity contribution in [3.8, 4) is 11.6 Å². The van der Waals surface area contributed by atoms with Crippen molar-refractivity contribution in [1.82, 2.24) is 34.3 Å². The topological polar surface area (TPSA) is 124 Å². The lowest BCUT2D eigenvalue weighted by atomic mass is 10.2. The largest absolute Gasteiger partial charge is 0.461 e. The van der Waals surface area contributed by atoms with Crippen LogP contribution in [-0.2, 0) is 17.3 Å². The van der Waals surface area contributed by atoms with Gasteiger partial charge in [0.2, 0.25) is 11.8 Å². The molecule has 1 saturated heterocycles. The van der Waals surface area contributed by atoms with Gasteiger partial charge in [-0.3, -0.25) is 9.11 Å². The van der Waals surface area contributed by atoms with Crippen molar-refractivity contribution < 1.29 is 8.63 Å². The summed E-state index contributed by atoms with van der Waals surface area (Å²) in [4.78, 5) is 14.8. The number of aromatic nitrogens is 6. The number of nitrogens with zero attached hydrogens (tertiary/aromatic N) is 8. The summed E-state index contributed by atoms with van der Waals surface area (Å²) in [6.07, 6.45) is 5.05. The van der Waals surface area contributed by atoms with Gasteiger partial charge in [-0.15, -0.1) is 5.10 Å². The maximum atomic E-state index is 11.6. The first-order valence-electron chi connectivity index (χ1n) is 11.4. The van der Waals surface area contributed by atoms with Crippen LogP contribution in [0, 0.1) is 0 Å². The van der Waals surface area contributed by atoms with E-state index in [2.05, 4.69) is 42.1 Å². The molecule has 1 unspecified atom stereocenters. The van der Waals surface area contributed by atoms with Crippen LogP contribution in [0.4, 0.5) is 11.6 Å². The van der Waals surface area contributed by atoms with Crippen LogP contribution in [0.25, 0.3) is 28.3 Å². The summed E-state index contributed by atoms with van der Waals surface area (Å²) in [7, 11) is -0.952. The van der Waals surface area contributed by atoms with E-state index < -0.39 is 10.8 Å². The van der Waals surface area contributed by atoms with Crippen molar-refractivity contribution in [3.05, 3.63) is 48.9 Å². The van der Waals surface area contributed by atoms with E-state index in [1.165, 1.54) is 10.2 Å². The fourth-order valence-electron chi connectivity index (χ4n) is 4.44. The quantitative estimate of drug-likeness (QED) is 0.379. The number of rotatable bonds is 6. The fraction of sp³-hybridized carbons (Fsp3) is 0.304. The molecule has 12 heteroatoms. The highest BCUT2D eigenvalue weighted by Crippen LogP contribution is 2.24. The maximum absolute atomic E-state index is 11.6. The summed E-state index contributed by atoms with van der Waals surface area (Å²) in [5, 5.41) is 9.80. The Balaban J connectivity index is 1.14. The van der Waals surface area contributed by atoms with Gasteiger partial charge < -0.3 is 15.1 Å². The highest BCUT2D eigenvalue weighted by molar-refractivity contribution is 7.84. The molecule has 0 amide bonds. The highest BCUT2D eigenvalue weighted by Gasteiger charge is 2.20. The molecule has 0 bridgehead atoms. The zero-order valence-corrected chi connectivity index (χ0v) is 20.1. The number of nitrogens with two attached hydrogens (primary N) is 1. The van der Waals surface area contributed by atoms with E-state index >= 15 is 0 Å². The van der Waals surface area contributed by atoms with Gasteiger partial charge in [0.05, 0.1) is 24.4 Å². The lowest BCUT2D eigenvalue weighted by Gasteiger charge is -2.36. The summed E-state index contributed by atoms with van der Waals surface area (Å²) in [5.74, 6) is 1.29. The number of piperazine rings is 1. The van der Waals surface area contributed by atoms with E-state index in [9.17, 15) is 4.21 Å². The second-order valence-electron chi connectivity index (χ2n) is 8.50. The smallest absolute Gasteiger partial charge is 0.225 e. The lowest BCUT2D eigenvalue weighted by Crippen LogP contribution is -2.47. The Morgan fingerprint density at radius 2 is 1.83 bits per heavy atom. The standard InChI is InChI=1S/C23H25N9O2S/c1-35(33)17-6-4-16(5-7-17)30-11-8-29(9-12-30)10-13-31-21-18(15-25-31)22-26-20(19-3-2-14-34-19)28-32(22)23(24)27-21/h2-7,14-15H,8-13H2,1H3,(H2,24,27). The van der Waals surface area contributed by atoms with Crippen LogP contribution in [0.1, 0.15) is 0 Å². The van der Waals surface area contributed by atoms with E-state index in [4.69, 9.17) is 10.2 Å². The van der Waals surface area contributed by atoms with Crippen LogP contribution in [0.2, 0.25) is 0 Å². The molecule has 1 atom stereocenters. The lowest BCUT2D eigenvalue weighted by molar-refractivity contribution is 0.245. The molecule has 0 spiro atoms. The fourth-order valence-corrected chi connectivity index (χ4v) is 4.96. The zero-order valence-electron chi connectivity index (χ0n) is 19.2. The molecule has 0 radical (unpaired) electrons. The van der Waals surface area contributed by atoms with Crippen LogP contribution >= 0.6 is 0 Å². The number of benzene rings is 1.